The second kappa shape index (κ2) is 12.0. The van der Waals surface area contributed by atoms with Crippen LogP contribution in [0.25, 0.3) is 0 Å². The summed E-state index contributed by atoms with van der Waals surface area (Å²) in [5, 5.41) is 0. The molecule has 7 nitrogen and oxygen atoms in total. The van der Waals surface area contributed by atoms with Crippen LogP contribution in [0.2, 0.25) is 0 Å². The fourth-order valence-electron chi connectivity index (χ4n) is 4.91. The number of carbonyl (C=O) groups excluding carboxylic acids is 2. The molecule has 0 spiro atoms. The SMILES string of the molecule is Cc1cc(C)c(C)c(S(=O)(=O)N2CCN(C(=O)C(=O)N(Cc3ccccc3)Cc3ccc(Br)cc3)CC2)c1C. The fourth-order valence-corrected chi connectivity index (χ4v) is 7.17. The molecule has 0 aliphatic carbocycles. The third-order valence-electron chi connectivity index (χ3n) is 7.39. The van der Waals surface area contributed by atoms with Gasteiger partial charge in [0, 0.05) is 43.7 Å². The molecule has 0 aromatic heterocycles. The second-order valence-corrected chi connectivity index (χ2v) is 12.8. The number of piperazine rings is 1. The van der Waals surface area contributed by atoms with Crippen molar-refractivity contribution in [2.45, 2.75) is 45.7 Å². The van der Waals surface area contributed by atoms with Crippen molar-refractivity contribution >= 4 is 37.8 Å². The van der Waals surface area contributed by atoms with Gasteiger partial charge < -0.3 is 9.80 Å². The molecule has 1 aliphatic heterocycles. The topological polar surface area (TPSA) is 78.0 Å². The van der Waals surface area contributed by atoms with Crippen LogP contribution in [0.4, 0.5) is 0 Å². The normalized spacial score (nSPS) is 14.3. The van der Waals surface area contributed by atoms with Crippen LogP contribution in [-0.4, -0.2) is 60.5 Å². The molecule has 2 amide bonds. The van der Waals surface area contributed by atoms with E-state index in [0.717, 1.165) is 37.9 Å². The maximum atomic E-state index is 13.6. The van der Waals surface area contributed by atoms with E-state index in [1.165, 1.54) is 9.21 Å². The standard InChI is InChI=1S/C30H34BrN3O4S/c1-21-18-22(2)24(4)28(23(21)3)39(37,38)34-16-14-32(15-17-34)29(35)30(36)33(19-25-8-6-5-7-9-25)20-26-10-12-27(31)13-11-26/h5-13,18H,14-17,19-20H2,1-4H3. The second-order valence-electron chi connectivity index (χ2n) is 10.1. The van der Waals surface area contributed by atoms with Gasteiger partial charge in [-0.1, -0.05) is 64.5 Å². The quantitative estimate of drug-likeness (QED) is 0.377. The molecule has 0 bridgehead atoms. The van der Waals surface area contributed by atoms with E-state index in [4.69, 9.17) is 0 Å². The van der Waals surface area contributed by atoms with Gasteiger partial charge in [0.15, 0.2) is 0 Å². The van der Waals surface area contributed by atoms with Crippen molar-refractivity contribution < 1.29 is 18.0 Å². The number of halogens is 1. The van der Waals surface area contributed by atoms with Gasteiger partial charge in [-0.3, -0.25) is 9.59 Å². The van der Waals surface area contributed by atoms with Crippen LogP contribution in [-0.2, 0) is 32.7 Å². The number of aryl methyl sites for hydroxylation is 2. The first kappa shape index (κ1) is 29.0. The number of carbonyl (C=O) groups is 2. The molecule has 39 heavy (non-hydrogen) atoms. The Morgan fingerprint density at radius 2 is 1.31 bits per heavy atom. The Bertz CT molecular complexity index is 1440. The molecule has 206 valence electrons. The van der Waals surface area contributed by atoms with Gasteiger partial charge in [-0.25, -0.2) is 8.42 Å². The van der Waals surface area contributed by atoms with Crippen molar-refractivity contribution in [3.63, 3.8) is 0 Å². The van der Waals surface area contributed by atoms with Gasteiger partial charge >= 0.3 is 11.8 Å². The van der Waals surface area contributed by atoms with E-state index in [2.05, 4.69) is 15.9 Å². The smallest absolute Gasteiger partial charge is 0.312 e. The maximum Gasteiger partial charge on any atom is 0.312 e. The molecule has 0 saturated carbocycles. The summed E-state index contributed by atoms with van der Waals surface area (Å²) in [6.45, 7) is 8.66. The average molecular weight is 613 g/mol. The summed E-state index contributed by atoms with van der Waals surface area (Å²) in [4.78, 5) is 30.2. The Balaban J connectivity index is 1.49. The Hall–Kier alpha value is -3.01. The van der Waals surface area contributed by atoms with E-state index in [9.17, 15) is 18.0 Å². The fraction of sp³-hybridized carbons (Fsp3) is 0.333. The lowest BCUT2D eigenvalue weighted by Crippen LogP contribution is -2.54. The summed E-state index contributed by atoms with van der Waals surface area (Å²) in [7, 11) is -3.74. The predicted molar refractivity (Wildman–Crippen MR) is 156 cm³/mol. The van der Waals surface area contributed by atoms with Crippen LogP contribution in [0, 0.1) is 27.7 Å². The van der Waals surface area contributed by atoms with Crippen molar-refractivity contribution in [3.05, 3.63) is 98.5 Å². The summed E-state index contributed by atoms with van der Waals surface area (Å²) in [5.41, 5.74) is 5.18. The van der Waals surface area contributed by atoms with E-state index in [1.807, 2.05) is 88.4 Å². The zero-order valence-corrected chi connectivity index (χ0v) is 25.2. The summed E-state index contributed by atoms with van der Waals surface area (Å²) in [5.74, 6) is -1.21. The zero-order chi connectivity index (χ0) is 28.3. The molecule has 0 unspecified atom stereocenters. The molecular weight excluding hydrogens is 578 g/mol. The lowest BCUT2D eigenvalue weighted by Gasteiger charge is -2.35. The largest absolute Gasteiger partial charge is 0.332 e. The minimum absolute atomic E-state index is 0.138. The van der Waals surface area contributed by atoms with Crippen molar-refractivity contribution in [1.29, 1.82) is 0 Å². The van der Waals surface area contributed by atoms with Gasteiger partial charge in [0.25, 0.3) is 0 Å². The molecule has 1 aliphatic rings. The summed E-state index contributed by atoms with van der Waals surface area (Å²) < 4.78 is 29.6. The van der Waals surface area contributed by atoms with Gasteiger partial charge in [0.1, 0.15) is 0 Å². The van der Waals surface area contributed by atoms with Crippen molar-refractivity contribution in [2.75, 3.05) is 26.2 Å². The third kappa shape index (κ3) is 6.42. The minimum atomic E-state index is -3.74. The van der Waals surface area contributed by atoms with E-state index in [1.54, 1.807) is 4.90 Å². The van der Waals surface area contributed by atoms with Crippen LogP contribution in [0.5, 0.6) is 0 Å². The number of amides is 2. The molecule has 0 atom stereocenters. The molecule has 9 heteroatoms. The van der Waals surface area contributed by atoms with Gasteiger partial charge in [-0.15, -0.1) is 0 Å². The summed E-state index contributed by atoms with van der Waals surface area (Å²) >= 11 is 3.43. The van der Waals surface area contributed by atoms with E-state index in [0.29, 0.717) is 11.4 Å². The van der Waals surface area contributed by atoms with E-state index >= 15 is 0 Å². The number of nitrogens with zero attached hydrogens (tertiary/aromatic N) is 3. The maximum absolute atomic E-state index is 13.6. The molecule has 3 aromatic carbocycles. The predicted octanol–water partition coefficient (Wildman–Crippen LogP) is 4.74. The van der Waals surface area contributed by atoms with Crippen LogP contribution in [0.3, 0.4) is 0 Å². The Kier molecular flexibility index (Phi) is 8.93. The molecule has 1 heterocycles. The molecule has 0 N–H and O–H groups in total. The number of hydrogen-bond donors (Lipinski definition) is 0. The van der Waals surface area contributed by atoms with Crippen molar-refractivity contribution in [1.82, 2.24) is 14.1 Å². The average Bonchev–Trinajstić information content (AvgIpc) is 2.92. The number of benzene rings is 3. The van der Waals surface area contributed by atoms with Crippen molar-refractivity contribution in [3.8, 4) is 0 Å². The molecule has 1 saturated heterocycles. The van der Waals surface area contributed by atoms with Gasteiger partial charge in [0.05, 0.1) is 4.90 Å². The summed E-state index contributed by atoms with van der Waals surface area (Å²) in [6.07, 6.45) is 0. The monoisotopic (exact) mass is 611 g/mol. The molecular formula is C30H34BrN3O4S. The highest BCUT2D eigenvalue weighted by Gasteiger charge is 2.35. The van der Waals surface area contributed by atoms with Gasteiger partial charge in [0.2, 0.25) is 10.0 Å². The minimum Gasteiger partial charge on any atom is -0.332 e. The van der Waals surface area contributed by atoms with E-state index < -0.39 is 21.8 Å². The molecule has 3 aromatic rings. The third-order valence-corrected chi connectivity index (χ3v) is 10.1. The first-order valence-electron chi connectivity index (χ1n) is 12.9. The van der Waals surface area contributed by atoms with Crippen LogP contribution in [0.15, 0.2) is 70.0 Å². The van der Waals surface area contributed by atoms with Crippen LogP contribution >= 0.6 is 15.9 Å². The number of hydrogen-bond acceptors (Lipinski definition) is 4. The lowest BCUT2D eigenvalue weighted by molar-refractivity contribution is -0.153. The van der Waals surface area contributed by atoms with Crippen LogP contribution < -0.4 is 0 Å². The zero-order valence-electron chi connectivity index (χ0n) is 22.8. The van der Waals surface area contributed by atoms with Gasteiger partial charge in [-0.05, 0) is 73.2 Å². The molecule has 0 radical (unpaired) electrons. The Morgan fingerprint density at radius 1 is 0.795 bits per heavy atom. The highest BCUT2D eigenvalue weighted by molar-refractivity contribution is 9.10. The van der Waals surface area contributed by atoms with Crippen LogP contribution in [0.1, 0.15) is 33.4 Å². The first-order valence-corrected chi connectivity index (χ1v) is 15.2. The van der Waals surface area contributed by atoms with E-state index in [-0.39, 0.29) is 32.7 Å². The Morgan fingerprint density at radius 3 is 1.85 bits per heavy atom. The molecule has 1 fully saturated rings. The highest BCUT2D eigenvalue weighted by atomic mass is 79.9. The van der Waals surface area contributed by atoms with Crippen molar-refractivity contribution in [2.24, 2.45) is 0 Å². The first-order chi connectivity index (χ1) is 18.5. The number of sulfonamides is 1. The molecule has 4 rings (SSSR count). The highest BCUT2D eigenvalue weighted by Crippen LogP contribution is 2.29. The number of rotatable bonds is 6. The summed E-state index contributed by atoms with van der Waals surface area (Å²) in [6, 6.07) is 19.2. The van der Waals surface area contributed by atoms with Gasteiger partial charge in [-0.2, -0.15) is 4.31 Å². The lowest BCUT2D eigenvalue weighted by atomic mass is 10.0. The Labute approximate surface area is 239 Å².